The van der Waals surface area contributed by atoms with Crippen LogP contribution in [0.4, 0.5) is 10.5 Å². The number of ether oxygens (including phenoxy) is 2. The third-order valence-electron chi connectivity index (χ3n) is 5.65. The molecule has 2 aliphatic rings. The first-order valence-electron chi connectivity index (χ1n) is 12.5. The topological polar surface area (TPSA) is 167 Å². The Labute approximate surface area is 216 Å². The van der Waals surface area contributed by atoms with Crippen LogP contribution >= 0.6 is 0 Å². The number of nitrogens with two attached hydrogens (primary N) is 2. The Balaban J connectivity index is 0.000000568. The highest BCUT2D eigenvalue weighted by atomic mass is 16.6. The first-order valence-corrected chi connectivity index (χ1v) is 12.5. The lowest BCUT2D eigenvalue weighted by Crippen LogP contribution is -2.34. The fourth-order valence-corrected chi connectivity index (χ4v) is 3.46. The van der Waals surface area contributed by atoms with Crippen LogP contribution in [-0.4, -0.2) is 54.1 Å². The number of aliphatic imine (C=N–C) groups is 1. The van der Waals surface area contributed by atoms with Crippen molar-refractivity contribution in [3.05, 3.63) is 47.7 Å². The highest BCUT2D eigenvalue weighted by Gasteiger charge is 2.21. The minimum absolute atomic E-state index is 0.0630. The number of amides is 2. The summed E-state index contributed by atoms with van der Waals surface area (Å²) < 4.78 is 11.1. The van der Waals surface area contributed by atoms with E-state index in [4.69, 9.17) is 20.9 Å². The number of nitrogens with zero attached hydrogens (tertiary/aromatic N) is 3. The number of hydrogen-bond acceptors (Lipinski definition) is 9. The average molecular weight is 510 g/mol. The second-order valence-corrected chi connectivity index (χ2v) is 8.56. The molecule has 0 radical (unpaired) electrons. The zero-order valence-corrected chi connectivity index (χ0v) is 21.1. The molecule has 1 saturated carbocycles. The molecule has 0 bridgehead atoms. The number of rotatable bonds is 10. The molecule has 0 atom stereocenters. The van der Waals surface area contributed by atoms with Crippen molar-refractivity contribution in [2.24, 2.45) is 16.5 Å². The minimum atomic E-state index is -0.398. The lowest BCUT2D eigenvalue weighted by molar-refractivity contribution is -0.109. The van der Waals surface area contributed by atoms with Crippen molar-refractivity contribution in [3.63, 3.8) is 0 Å². The van der Waals surface area contributed by atoms with Crippen LogP contribution < -0.4 is 22.1 Å². The first kappa shape index (κ1) is 27.6. The SMILES string of the molecule is CCCNC=O.NCc1ncc(-c2ccc3c(c2)N=C(N)CC(OCCNC(=O)OC2CCC2)=C3)cn1. The number of carbonyl (C=O) groups excluding carboxylic acids is 2. The molecule has 2 heterocycles. The molecule has 198 valence electrons. The summed E-state index contributed by atoms with van der Waals surface area (Å²) >= 11 is 0. The summed E-state index contributed by atoms with van der Waals surface area (Å²) in [5.41, 5.74) is 15.1. The zero-order chi connectivity index (χ0) is 26.5. The molecule has 1 aromatic carbocycles. The molecule has 1 aliphatic carbocycles. The van der Waals surface area contributed by atoms with Gasteiger partial charge in [0.15, 0.2) is 0 Å². The Kier molecular flexibility index (Phi) is 10.8. The number of aromatic nitrogens is 2. The van der Waals surface area contributed by atoms with E-state index < -0.39 is 6.09 Å². The molecule has 2 amide bonds. The minimum Gasteiger partial charge on any atom is -0.496 e. The highest BCUT2D eigenvalue weighted by molar-refractivity contribution is 5.90. The maximum Gasteiger partial charge on any atom is 0.407 e. The maximum atomic E-state index is 11.7. The molecule has 0 spiro atoms. The van der Waals surface area contributed by atoms with Gasteiger partial charge in [0.25, 0.3) is 0 Å². The van der Waals surface area contributed by atoms with Crippen LogP contribution in [0.5, 0.6) is 0 Å². The summed E-state index contributed by atoms with van der Waals surface area (Å²) in [5.74, 6) is 1.74. The predicted octanol–water partition coefficient (Wildman–Crippen LogP) is 2.77. The van der Waals surface area contributed by atoms with Crippen molar-refractivity contribution in [1.82, 2.24) is 20.6 Å². The Morgan fingerprint density at radius 3 is 2.59 bits per heavy atom. The number of fused-ring (bicyclic) bond motifs is 1. The van der Waals surface area contributed by atoms with E-state index >= 15 is 0 Å². The lowest BCUT2D eigenvalue weighted by atomic mass is 9.96. The van der Waals surface area contributed by atoms with Crippen molar-refractivity contribution in [1.29, 1.82) is 0 Å². The van der Waals surface area contributed by atoms with E-state index in [2.05, 4.69) is 25.6 Å². The molecule has 0 unspecified atom stereocenters. The van der Waals surface area contributed by atoms with Crippen LogP contribution in [0.2, 0.25) is 0 Å². The molecule has 4 rings (SSSR count). The highest BCUT2D eigenvalue weighted by Crippen LogP contribution is 2.31. The van der Waals surface area contributed by atoms with Crippen LogP contribution in [0.25, 0.3) is 17.2 Å². The van der Waals surface area contributed by atoms with Gasteiger partial charge in [-0.25, -0.2) is 19.8 Å². The van der Waals surface area contributed by atoms with Gasteiger partial charge in [0.2, 0.25) is 6.41 Å². The number of benzene rings is 1. The fourth-order valence-electron chi connectivity index (χ4n) is 3.46. The second-order valence-electron chi connectivity index (χ2n) is 8.56. The smallest absolute Gasteiger partial charge is 0.407 e. The molecule has 11 heteroatoms. The third kappa shape index (κ3) is 8.87. The Morgan fingerprint density at radius 1 is 1.19 bits per heavy atom. The largest absolute Gasteiger partial charge is 0.496 e. The van der Waals surface area contributed by atoms with E-state index in [0.717, 1.165) is 54.6 Å². The quantitative estimate of drug-likeness (QED) is 0.280. The van der Waals surface area contributed by atoms with Crippen molar-refractivity contribution in [3.8, 4) is 11.1 Å². The molecule has 1 aromatic heterocycles. The van der Waals surface area contributed by atoms with Gasteiger partial charge in [0.05, 0.1) is 25.2 Å². The van der Waals surface area contributed by atoms with Crippen LogP contribution in [0.3, 0.4) is 0 Å². The number of amidine groups is 1. The van der Waals surface area contributed by atoms with E-state index in [-0.39, 0.29) is 6.10 Å². The predicted molar refractivity (Wildman–Crippen MR) is 142 cm³/mol. The van der Waals surface area contributed by atoms with E-state index in [9.17, 15) is 9.59 Å². The van der Waals surface area contributed by atoms with Gasteiger partial charge in [-0.3, -0.25) is 4.79 Å². The van der Waals surface area contributed by atoms with Crippen molar-refractivity contribution in [2.75, 3.05) is 19.7 Å². The van der Waals surface area contributed by atoms with Gasteiger partial charge < -0.3 is 31.6 Å². The third-order valence-corrected chi connectivity index (χ3v) is 5.65. The molecule has 37 heavy (non-hydrogen) atoms. The molecule has 11 nitrogen and oxygen atoms in total. The number of hydrogen-bond donors (Lipinski definition) is 4. The van der Waals surface area contributed by atoms with Crippen LogP contribution in [0.15, 0.2) is 41.3 Å². The van der Waals surface area contributed by atoms with Gasteiger partial charge in [-0.15, -0.1) is 0 Å². The lowest BCUT2D eigenvalue weighted by Gasteiger charge is -2.25. The summed E-state index contributed by atoms with van der Waals surface area (Å²) in [5, 5.41) is 5.22. The van der Waals surface area contributed by atoms with Crippen molar-refractivity contribution < 1.29 is 19.1 Å². The van der Waals surface area contributed by atoms with Gasteiger partial charge in [-0.2, -0.15) is 0 Å². The van der Waals surface area contributed by atoms with Crippen molar-refractivity contribution in [2.45, 2.75) is 51.7 Å². The maximum absolute atomic E-state index is 11.7. The van der Waals surface area contributed by atoms with E-state index in [0.29, 0.717) is 49.9 Å². The average Bonchev–Trinajstić information content (AvgIpc) is 3.04. The van der Waals surface area contributed by atoms with Crippen molar-refractivity contribution >= 4 is 30.1 Å². The molecule has 6 N–H and O–H groups in total. The first-order chi connectivity index (χ1) is 18.0. The van der Waals surface area contributed by atoms with Gasteiger partial charge in [0.1, 0.15) is 30.1 Å². The van der Waals surface area contributed by atoms with Gasteiger partial charge in [-0.1, -0.05) is 19.1 Å². The number of alkyl carbamates (subject to hydrolysis) is 1. The Morgan fingerprint density at radius 2 is 1.97 bits per heavy atom. The summed E-state index contributed by atoms with van der Waals surface area (Å²) in [4.78, 5) is 34.2. The molecular formula is C26H35N7O4. The molecule has 1 fully saturated rings. The van der Waals surface area contributed by atoms with E-state index in [1.165, 1.54) is 0 Å². The monoisotopic (exact) mass is 509 g/mol. The molecular weight excluding hydrogens is 474 g/mol. The Hall–Kier alpha value is -3.99. The molecule has 2 aromatic rings. The van der Waals surface area contributed by atoms with E-state index in [1.54, 1.807) is 12.4 Å². The van der Waals surface area contributed by atoms with Crippen LogP contribution in [0, 0.1) is 0 Å². The normalized spacial score (nSPS) is 14.3. The van der Waals surface area contributed by atoms with E-state index in [1.807, 2.05) is 31.2 Å². The number of nitrogens with one attached hydrogen (secondary N) is 2. The molecule has 0 saturated heterocycles. The number of carbonyl (C=O) groups is 2. The summed E-state index contributed by atoms with van der Waals surface area (Å²) in [6.45, 7) is 3.78. The fraction of sp³-hybridized carbons (Fsp3) is 0.423. The van der Waals surface area contributed by atoms with Crippen LogP contribution in [0.1, 0.15) is 50.4 Å². The molecule has 1 aliphatic heterocycles. The summed E-state index contributed by atoms with van der Waals surface area (Å²) in [7, 11) is 0. The van der Waals surface area contributed by atoms with Crippen LogP contribution in [-0.2, 0) is 20.8 Å². The van der Waals surface area contributed by atoms with Gasteiger partial charge in [-0.05, 0) is 43.4 Å². The second kappa shape index (κ2) is 14.5. The summed E-state index contributed by atoms with van der Waals surface area (Å²) in [6, 6.07) is 5.88. The standard InChI is InChI=1S/C22H26N6O3.C4H9NO/c23-11-21-26-12-16(13-27-21)14-4-5-15-8-18(10-20(24)28-19(15)9-14)30-7-6-25-22(29)31-17-2-1-3-17;1-2-3-5-4-6/h4-5,8-9,12-13,17H,1-3,6-7,10-11,23H2,(H2,24,28)(H,25,29);4H,2-3H2,1H3,(H,5,6). The Bertz CT molecular complexity index is 1100. The summed E-state index contributed by atoms with van der Waals surface area (Å²) in [6.07, 6.45) is 10.2. The zero-order valence-electron chi connectivity index (χ0n) is 21.1. The van der Waals surface area contributed by atoms with Gasteiger partial charge >= 0.3 is 6.09 Å². The van der Waals surface area contributed by atoms with Gasteiger partial charge in [0, 0.05) is 30.1 Å².